The number of benzene rings is 1. The van der Waals surface area contributed by atoms with Crippen LogP contribution in [0.4, 0.5) is 10.2 Å². The first-order chi connectivity index (χ1) is 8.90. The van der Waals surface area contributed by atoms with E-state index in [-0.39, 0.29) is 11.7 Å². The van der Waals surface area contributed by atoms with E-state index >= 15 is 0 Å². The van der Waals surface area contributed by atoms with Gasteiger partial charge in [0.25, 0.3) is 0 Å². The Balaban J connectivity index is 2.55. The summed E-state index contributed by atoms with van der Waals surface area (Å²) in [5.74, 6) is 0.826. The molecule has 0 bridgehead atoms. The summed E-state index contributed by atoms with van der Waals surface area (Å²) in [6.45, 7) is 5.98. The molecule has 0 saturated heterocycles. The van der Waals surface area contributed by atoms with E-state index in [0.717, 1.165) is 11.3 Å². The normalized spacial score (nSPS) is 11.1. The first-order valence-corrected chi connectivity index (χ1v) is 6.79. The number of aromatic nitrogens is 2. The Labute approximate surface area is 120 Å². The van der Waals surface area contributed by atoms with E-state index in [2.05, 4.69) is 25.9 Å². The Bertz CT molecular complexity index is 603. The minimum atomic E-state index is -0.342. The Morgan fingerprint density at radius 2 is 1.95 bits per heavy atom. The second-order valence-electron chi connectivity index (χ2n) is 4.72. The summed E-state index contributed by atoms with van der Waals surface area (Å²) < 4.78 is 14.0. The minimum Gasteiger partial charge on any atom is -0.383 e. The Morgan fingerprint density at radius 1 is 1.26 bits per heavy atom. The summed E-state index contributed by atoms with van der Waals surface area (Å²) in [5, 5.41) is 0. The van der Waals surface area contributed by atoms with Gasteiger partial charge in [-0.1, -0.05) is 13.8 Å². The van der Waals surface area contributed by atoms with Crippen LogP contribution in [0.2, 0.25) is 0 Å². The van der Waals surface area contributed by atoms with Gasteiger partial charge < -0.3 is 5.73 Å². The van der Waals surface area contributed by atoms with Crippen LogP contribution in [-0.2, 0) is 0 Å². The SMILES string of the molecule is Cc1nc(-c2ccc(Br)c(F)c2)nc(N)c1C(C)C. The highest BCUT2D eigenvalue weighted by atomic mass is 79.9. The zero-order valence-electron chi connectivity index (χ0n) is 11.0. The van der Waals surface area contributed by atoms with E-state index < -0.39 is 0 Å². The second-order valence-corrected chi connectivity index (χ2v) is 5.57. The molecule has 0 aliphatic rings. The van der Waals surface area contributed by atoms with Crippen molar-refractivity contribution in [1.29, 1.82) is 0 Å². The fraction of sp³-hybridized carbons (Fsp3) is 0.286. The first kappa shape index (κ1) is 13.9. The molecule has 0 aliphatic heterocycles. The summed E-state index contributed by atoms with van der Waals surface area (Å²) in [7, 11) is 0. The molecule has 2 rings (SSSR count). The topological polar surface area (TPSA) is 51.8 Å². The molecular formula is C14H15BrFN3. The molecule has 5 heteroatoms. The molecular weight excluding hydrogens is 309 g/mol. The summed E-state index contributed by atoms with van der Waals surface area (Å²) in [6.07, 6.45) is 0. The van der Waals surface area contributed by atoms with Crippen LogP contribution < -0.4 is 5.73 Å². The molecule has 3 nitrogen and oxygen atoms in total. The van der Waals surface area contributed by atoms with Gasteiger partial charge in [0.1, 0.15) is 11.6 Å². The van der Waals surface area contributed by atoms with Crippen molar-refractivity contribution in [1.82, 2.24) is 9.97 Å². The maximum absolute atomic E-state index is 13.5. The number of nitrogen functional groups attached to an aromatic ring is 1. The van der Waals surface area contributed by atoms with Crippen LogP contribution in [0.1, 0.15) is 31.0 Å². The monoisotopic (exact) mass is 323 g/mol. The van der Waals surface area contributed by atoms with E-state index in [9.17, 15) is 4.39 Å². The number of anilines is 1. The van der Waals surface area contributed by atoms with Crippen molar-refractivity contribution in [2.75, 3.05) is 5.73 Å². The highest BCUT2D eigenvalue weighted by Crippen LogP contribution is 2.27. The molecule has 0 spiro atoms. The van der Waals surface area contributed by atoms with E-state index in [1.165, 1.54) is 6.07 Å². The molecule has 0 aliphatic carbocycles. The van der Waals surface area contributed by atoms with Crippen LogP contribution in [0.5, 0.6) is 0 Å². The van der Waals surface area contributed by atoms with Crippen molar-refractivity contribution < 1.29 is 4.39 Å². The molecule has 2 N–H and O–H groups in total. The Morgan fingerprint density at radius 3 is 2.47 bits per heavy atom. The summed E-state index contributed by atoms with van der Waals surface area (Å²) in [6, 6.07) is 4.79. The average molecular weight is 324 g/mol. The van der Waals surface area contributed by atoms with Gasteiger partial charge in [-0.15, -0.1) is 0 Å². The molecule has 0 amide bonds. The van der Waals surface area contributed by atoms with Gasteiger partial charge in [0.05, 0.1) is 4.47 Å². The van der Waals surface area contributed by atoms with Crippen LogP contribution in [-0.4, -0.2) is 9.97 Å². The van der Waals surface area contributed by atoms with Gasteiger partial charge in [0, 0.05) is 16.8 Å². The molecule has 1 aromatic carbocycles. The maximum atomic E-state index is 13.5. The standard InChI is InChI=1S/C14H15BrFN3/c1-7(2)12-8(3)18-14(19-13(12)17)9-4-5-10(15)11(16)6-9/h4-7H,1-3H3,(H2,17,18,19). The fourth-order valence-electron chi connectivity index (χ4n) is 2.08. The Kier molecular flexibility index (Phi) is 3.85. The third-order valence-corrected chi connectivity index (χ3v) is 3.56. The largest absolute Gasteiger partial charge is 0.383 e. The molecule has 0 atom stereocenters. The Hall–Kier alpha value is -1.49. The van der Waals surface area contributed by atoms with E-state index in [1.807, 2.05) is 20.8 Å². The lowest BCUT2D eigenvalue weighted by Gasteiger charge is -2.13. The minimum absolute atomic E-state index is 0.260. The number of aryl methyl sites for hydroxylation is 1. The predicted molar refractivity (Wildman–Crippen MR) is 78.4 cm³/mol. The zero-order valence-corrected chi connectivity index (χ0v) is 12.6. The van der Waals surface area contributed by atoms with Crippen LogP contribution in [0.25, 0.3) is 11.4 Å². The van der Waals surface area contributed by atoms with Crippen molar-refractivity contribution >= 4 is 21.7 Å². The lowest BCUT2D eigenvalue weighted by atomic mass is 10.0. The van der Waals surface area contributed by atoms with Gasteiger partial charge in [-0.3, -0.25) is 0 Å². The summed E-state index contributed by atoms with van der Waals surface area (Å²) >= 11 is 3.12. The summed E-state index contributed by atoms with van der Waals surface area (Å²) in [5.41, 5.74) is 8.37. The molecule has 1 aromatic heterocycles. The van der Waals surface area contributed by atoms with Crippen LogP contribution in [0, 0.1) is 12.7 Å². The van der Waals surface area contributed by atoms with E-state index in [1.54, 1.807) is 12.1 Å². The van der Waals surface area contributed by atoms with Gasteiger partial charge in [-0.2, -0.15) is 0 Å². The van der Waals surface area contributed by atoms with Gasteiger partial charge in [-0.05, 0) is 47.0 Å². The molecule has 1 heterocycles. The van der Waals surface area contributed by atoms with Crippen molar-refractivity contribution in [2.45, 2.75) is 26.7 Å². The van der Waals surface area contributed by atoms with Gasteiger partial charge >= 0.3 is 0 Å². The number of nitrogens with two attached hydrogens (primary N) is 1. The fourth-order valence-corrected chi connectivity index (χ4v) is 2.33. The molecule has 0 saturated carbocycles. The third-order valence-electron chi connectivity index (χ3n) is 2.92. The average Bonchev–Trinajstić information content (AvgIpc) is 2.31. The smallest absolute Gasteiger partial charge is 0.161 e. The molecule has 100 valence electrons. The van der Waals surface area contributed by atoms with E-state index in [4.69, 9.17) is 5.73 Å². The molecule has 0 fully saturated rings. The maximum Gasteiger partial charge on any atom is 0.161 e. The molecule has 0 radical (unpaired) electrons. The van der Waals surface area contributed by atoms with E-state index in [0.29, 0.717) is 21.7 Å². The second kappa shape index (κ2) is 5.25. The van der Waals surface area contributed by atoms with Gasteiger partial charge in [0.2, 0.25) is 0 Å². The van der Waals surface area contributed by atoms with Crippen molar-refractivity contribution in [3.8, 4) is 11.4 Å². The number of halogens is 2. The van der Waals surface area contributed by atoms with Crippen molar-refractivity contribution in [3.63, 3.8) is 0 Å². The van der Waals surface area contributed by atoms with Crippen molar-refractivity contribution in [2.24, 2.45) is 0 Å². The van der Waals surface area contributed by atoms with Crippen LogP contribution in [0.15, 0.2) is 22.7 Å². The van der Waals surface area contributed by atoms with Gasteiger partial charge in [0.15, 0.2) is 5.82 Å². The molecule has 2 aromatic rings. The number of nitrogens with zero attached hydrogens (tertiary/aromatic N) is 2. The molecule has 0 unspecified atom stereocenters. The number of rotatable bonds is 2. The van der Waals surface area contributed by atoms with Crippen LogP contribution >= 0.6 is 15.9 Å². The van der Waals surface area contributed by atoms with Crippen molar-refractivity contribution in [3.05, 3.63) is 39.7 Å². The third kappa shape index (κ3) is 2.76. The number of hydrogen-bond donors (Lipinski definition) is 1. The van der Waals surface area contributed by atoms with Crippen LogP contribution in [0.3, 0.4) is 0 Å². The molecule has 19 heavy (non-hydrogen) atoms. The lowest BCUT2D eigenvalue weighted by Crippen LogP contribution is -2.06. The highest BCUT2D eigenvalue weighted by molar-refractivity contribution is 9.10. The summed E-state index contributed by atoms with van der Waals surface area (Å²) in [4.78, 5) is 8.70. The highest BCUT2D eigenvalue weighted by Gasteiger charge is 2.14. The first-order valence-electron chi connectivity index (χ1n) is 5.99. The zero-order chi connectivity index (χ0) is 14.2. The lowest BCUT2D eigenvalue weighted by molar-refractivity contribution is 0.621. The number of hydrogen-bond acceptors (Lipinski definition) is 3. The predicted octanol–water partition coefficient (Wildman–Crippen LogP) is 4.06. The van der Waals surface area contributed by atoms with Gasteiger partial charge in [-0.25, -0.2) is 14.4 Å². The quantitative estimate of drug-likeness (QED) is 0.906.